The highest BCUT2D eigenvalue weighted by Crippen LogP contribution is 2.31. The molecule has 2 aromatic rings. The molecule has 0 saturated heterocycles. The van der Waals surface area contributed by atoms with Gasteiger partial charge in [-0.3, -0.25) is 15.1 Å². The molecule has 2 aliphatic rings. The first-order chi connectivity index (χ1) is 16.5. The van der Waals surface area contributed by atoms with Gasteiger partial charge in [0.15, 0.2) is 16.7 Å². The van der Waals surface area contributed by atoms with Gasteiger partial charge in [-0.25, -0.2) is 0 Å². The largest absolute Gasteiger partial charge is 0.493 e. The molecule has 9 heteroatoms. The Morgan fingerprint density at radius 3 is 2.65 bits per heavy atom. The zero-order valence-corrected chi connectivity index (χ0v) is 20.0. The van der Waals surface area contributed by atoms with Gasteiger partial charge >= 0.3 is 0 Å². The van der Waals surface area contributed by atoms with Gasteiger partial charge in [-0.15, -0.1) is 6.58 Å². The van der Waals surface area contributed by atoms with Crippen LogP contribution in [0.4, 0.5) is 0 Å². The van der Waals surface area contributed by atoms with Gasteiger partial charge in [0.05, 0.1) is 17.7 Å². The Balaban J connectivity index is 1.37. The normalized spacial score (nSPS) is 15.9. The molecule has 174 valence electrons. The molecule has 0 unspecified atom stereocenters. The van der Waals surface area contributed by atoms with Crippen molar-refractivity contribution in [1.29, 1.82) is 5.41 Å². The summed E-state index contributed by atoms with van der Waals surface area (Å²) >= 11 is 7.69. The molecule has 34 heavy (non-hydrogen) atoms. The van der Waals surface area contributed by atoms with E-state index >= 15 is 0 Å². The number of allylic oxidation sites excluding steroid dienone is 1. The predicted molar refractivity (Wildman–Crippen MR) is 136 cm³/mol. The summed E-state index contributed by atoms with van der Waals surface area (Å²) in [6.07, 6.45) is 5.90. The lowest BCUT2D eigenvalue weighted by Crippen LogP contribution is -2.35. The molecule has 0 bridgehead atoms. The molecule has 0 atom stereocenters. The summed E-state index contributed by atoms with van der Waals surface area (Å²) in [4.78, 5) is 17.9. The average Bonchev–Trinajstić information content (AvgIpc) is 3.30. The zero-order chi connectivity index (χ0) is 24.1. The van der Waals surface area contributed by atoms with Crippen LogP contribution in [0.25, 0.3) is 6.08 Å². The number of benzene rings is 2. The summed E-state index contributed by atoms with van der Waals surface area (Å²) in [6.45, 7) is 4.32. The minimum atomic E-state index is -0.450. The first kappa shape index (κ1) is 23.7. The second-order valence-electron chi connectivity index (χ2n) is 7.24. The van der Waals surface area contributed by atoms with Crippen LogP contribution < -0.4 is 14.2 Å². The number of fused-ring (bicyclic) bond motifs is 1. The highest BCUT2D eigenvalue weighted by Gasteiger charge is 2.31. The van der Waals surface area contributed by atoms with Crippen molar-refractivity contribution in [3.63, 3.8) is 0 Å². The second kappa shape index (κ2) is 10.6. The van der Waals surface area contributed by atoms with Gasteiger partial charge in [0.25, 0.3) is 5.91 Å². The number of thioether (sulfide) groups is 1. The number of carbonyl (C=O) groups excluding carboxylic acids is 1. The molecule has 2 aliphatic heterocycles. The summed E-state index contributed by atoms with van der Waals surface area (Å²) in [5.74, 6) is 1.40. The van der Waals surface area contributed by atoms with Gasteiger partial charge in [0.2, 0.25) is 0 Å². The molecule has 0 fully saturated rings. The number of amides is 1. The van der Waals surface area contributed by atoms with Crippen LogP contribution in [-0.4, -0.2) is 42.1 Å². The zero-order valence-electron chi connectivity index (χ0n) is 18.4. The van der Waals surface area contributed by atoms with Gasteiger partial charge in [-0.2, -0.15) is 4.99 Å². The average molecular weight is 496 g/mol. The van der Waals surface area contributed by atoms with Gasteiger partial charge < -0.3 is 14.2 Å². The van der Waals surface area contributed by atoms with E-state index in [0.717, 1.165) is 12.0 Å². The minimum absolute atomic E-state index is 0.0813. The first-order valence-electron chi connectivity index (χ1n) is 10.4. The number of rotatable bonds is 9. The molecule has 2 aromatic carbocycles. The molecule has 0 aliphatic carbocycles. The molecule has 2 heterocycles. The number of carbonyl (C=O) groups is 1. The van der Waals surface area contributed by atoms with Crippen LogP contribution in [0.15, 0.2) is 71.2 Å². The molecule has 1 amide bonds. The number of methoxy groups -OCH3 is 1. The highest BCUT2D eigenvalue weighted by atomic mass is 35.5. The van der Waals surface area contributed by atoms with E-state index in [-0.39, 0.29) is 18.0 Å². The maximum Gasteiger partial charge on any atom is 0.283 e. The van der Waals surface area contributed by atoms with Crippen LogP contribution in [0.1, 0.15) is 11.1 Å². The van der Waals surface area contributed by atoms with Crippen molar-refractivity contribution in [3.8, 4) is 17.2 Å². The third-order valence-electron chi connectivity index (χ3n) is 4.99. The fourth-order valence-electron chi connectivity index (χ4n) is 3.35. The molecule has 0 aromatic heterocycles. The van der Waals surface area contributed by atoms with E-state index in [2.05, 4.69) is 11.6 Å². The Hall–Kier alpha value is -3.49. The predicted octanol–water partition coefficient (Wildman–Crippen LogP) is 5.31. The Labute approximate surface area is 206 Å². The van der Waals surface area contributed by atoms with Crippen molar-refractivity contribution < 1.29 is 19.0 Å². The number of hydrogen-bond donors (Lipinski definition) is 1. The monoisotopic (exact) mass is 495 g/mol. The molecule has 1 N–H and O–H groups in total. The molecule has 0 radical (unpaired) electrons. The van der Waals surface area contributed by atoms with E-state index in [1.54, 1.807) is 47.9 Å². The van der Waals surface area contributed by atoms with Crippen molar-refractivity contribution in [3.05, 3.63) is 82.4 Å². The number of aliphatic imine (C=N–C) groups is 1. The van der Waals surface area contributed by atoms with Gasteiger partial charge in [-0.1, -0.05) is 41.6 Å². The highest BCUT2D eigenvalue weighted by molar-refractivity contribution is 8.16. The molecular formula is C25H22ClN3O4S. The Kier molecular flexibility index (Phi) is 7.40. The van der Waals surface area contributed by atoms with E-state index in [1.165, 1.54) is 11.8 Å². The third-order valence-corrected chi connectivity index (χ3v) is 6.04. The molecule has 4 rings (SSSR count). The number of hydrogen-bond acceptors (Lipinski definition) is 6. The second-order valence-corrected chi connectivity index (χ2v) is 8.52. The third kappa shape index (κ3) is 5.18. The van der Waals surface area contributed by atoms with Gasteiger partial charge in [-0.05, 0) is 53.3 Å². The molecule has 0 saturated carbocycles. The summed E-state index contributed by atoms with van der Waals surface area (Å²) in [5, 5.41) is 11.0. The number of halogens is 1. The van der Waals surface area contributed by atoms with Crippen LogP contribution in [0.2, 0.25) is 5.02 Å². The summed E-state index contributed by atoms with van der Waals surface area (Å²) in [7, 11) is 1.60. The lowest BCUT2D eigenvalue weighted by Gasteiger charge is -2.22. The topological polar surface area (TPSA) is 84.2 Å². The molecule has 7 nitrogen and oxygen atoms in total. The summed E-state index contributed by atoms with van der Waals surface area (Å²) in [6, 6.07) is 10.9. The fourth-order valence-corrected chi connectivity index (χ4v) is 4.30. The van der Waals surface area contributed by atoms with E-state index in [4.69, 9.17) is 31.2 Å². The van der Waals surface area contributed by atoms with Crippen molar-refractivity contribution in [1.82, 2.24) is 4.90 Å². The lowest BCUT2D eigenvalue weighted by atomic mass is 10.1. The van der Waals surface area contributed by atoms with Gasteiger partial charge in [0.1, 0.15) is 24.8 Å². The number of nitrogens with one attached hydrogen (secondary N) is 1. The van der Waals surface area contributed by atoms with Crippen molar-refractivity contribution in [2.24, 2.45) is 4.99 Å². The summed E-state index contributed by atoms with van der Waals surface area (Å²) < 4.78 is 16.9. The SMILES string of the molecule is C=CCc1ccc(OCCOc2ccc(/C=C3/C(=N)N4C=CSC4=NC3=O)cc2Cl)c(OC)c1. The Bertz CT molecular complexity index is 1240. The maximum atomic E-state index is 12.3. The van der Waals surface area contributed by atoms with E-state index in [0.29, 0.717) is 39.6 Å². The van der Waals surface area contributed by atoms with Crippen LogP contribution in [0.5, 0.6) is 17.2 Å². The number of amidine groups is 2. The van der Waals surface area contributed by atoms with Crippen molar-refractivity contribution in [2.45, 2.75) is 6.42 Å². The van der Waals surface area contributed by atoms with E-state index < -0.39 is 5.91 Å². The van der Waals surface area contributed by atoms with Crippen molar-refractivity contribution >= 4 is 46.3 Å². The number of ether oxygens (including phenoxy) is 3. The fraction of sp³-hybridized carbons (Fsp3) is 0.160. The lowest BCUT2D eigenvalue weighted by molar-refractivity contribution is -0.114. The maximum absolute atomic E-state index is 12.3. The smallest absolute Gasteiger partial charge is 0.283 e. The molecular weight excluding hydrogens is 474 g/mol. The Morgan fingerprint density at radius 2 is 1.91 bits per heavy atom. The minimum Gasteiger partial charge on any atom is -0.493 e. The van der Waals surface area contributed by atoms with Gasteiger partial charge in [0, 0.05) is 6.20 Å². The number of nitrogens with zero attached hydrogens (tertiary/aromatic N) is 2. The standard InChI is InChI=1S/C25H22ClN3O4S/c1-3-4-16-5-8-21(22(15-16)31-2)33-11-10-32-20-7-6-17(14-19(20)26)13-18-23(27)29-9-12-34-25(29)28-24(18)30/h3,5-9,12-15,27H,1,4,10-11H2,2H3/b18-13-,27-23?. The van der Waals surface area contributed by atoms with Crippen molar-refractivity contribution in [2.75, 3.05) is 20.3 Å². The van der Waals surface area contributed by atoms with Crippen LogP contribution in [0.3, 0.4) is 0 Å². The Morgan fingerprint density at radius 1 is 1.15 bits per heavy atom. The van der Waals surface area contributed by atoms with Crippen LogP contribution in [0, 0.1) is 5.41 Å². The van der Waals surface area contributed by atoms with E-state index in [9.17, 15) is 4.79 Å². The molecule has 0 spiro atoms. The van der Waals surface area contributed by atoms with Crippen LogP contribution >= 0.6 is 23.4 Å². The summed E-state index contributed by atoms with van der Waals surface area (Å²) in [5.41, 5.74) is 1.95. The van der Waals surface area contributed by atoms with E-state index in [1.807, 2.05) is 24.3 Å². The van der Waals surface area contributed by atoms with Crippen LogP contribution in [-0.2, 0) is 11.2 Å². The first-order valence-corrected chi connectivity index (χ1v) is 11.6. The quantitative estimate of drug-likeness (QED) is 0.288.